The highest BCUT2D eigenvalue weighted by molar-refractivity contribution is 5.96. The van der Waals surface area contributed by atoms with Crippen LogP contribution in [0.4, 0.5) is 4.79 Å². The molecule has 1 N–H and O–H groups in total. The van der Waals surface area contributed by atoms with Crippen molar-refractivity contribution in [2.45, 2.75) is 13.0 Å². The second-order valence-corrected chi connectivity index (χ2v) is 6.54. The highest BCUT2D eigenvalue weighted by Crippen LogP contribution is 2.24. The van der Waals surface area contributed by atoms with Gasteiger partial charge in [-0.2, -0.15) is 0 Å². The molecule has 7 nitrogen and oxygen atoms in total. The maximum Gasteiger partial charge on any atom is 0.324 e. The summed E-state index contributed by atoms with van der Waals surface area (Å²) in [6.07, 6.45) is 0. The summed E-state index contributed by atoms with van der Waals surface area (Å²) in [6.45, 7) is 7.00. The molecule has 0 bridgehead atoms. The number of benzene rings is 1. The smallest absolute Gasteiger partial charge is 0.324 e. The number of rotatable bonds is 5. The molecule has 0 aliphatic carbocycles. The second-order valence-electron chi connectivity index (χ2n) is 6.54. The van der Waals surface area contributed by atoms with Crippen molar-refractivity contribution >= 4 is 11.9 Å². The van der Waals surface area contributed by atoms with Gasteiger partial charge in [-0.1, -0.05) is 12.1 Å². The number of hydrogen-bond donors (Lipinski definition) is 1. The van der Waals surface area contributed by atoms with Crippen molar-refractivity contribution in [3.05, 3.63) is 29.8 Å². The Bertz CT molecular complexity index is 629. The van der Waals surface area contributed by atoms with Gasteiger partial charge in [0, 0.05) is 45.3 Å². The Kier molecular flexibility index (Phi) is 5.55. The Morgan fingerprint density at radius 3 is 2.64 bits per heavy atom. The molecule has 2 saturated heterocycles. The lowest BCUT2D eigenvalue weighted by Crippen LogP contribution is -2.50. The quantitative estimate of drug-likeness (QED) is 0.859. The fourth-order valence-corrected chi connectivity index (χ4v) is 3.41. The van der Waals surface area contributed by atoms with E-state index in [0.29, 0.717) is 25.7 Å². The third kappa shape index (κ3) is 4.11. The Balaban J connectivity index is 1.51. The van der Waals surface area contributed by atoms with Gasteiger partial charge in [0.1, 0.15) is 5.75 Å². The van der Waals surface area contributed by atoms with Crippen molar-refractivity contribution in [3.63, 3.8) is 0 Å². The molecule has 2 aliphatic rings. The second kappa shape index (κ2) is 7.84. The number of imide groups is 1. The van der Waals surface area contributed by atoms with Gasteiger partial charge < -0.3 is 10.1 Å². The van der Waals surface area contributed by atoms with E-state index in [1.807, 2.05) is 12.1 Å². The standard InChI is InChI=1S/C18H26N4O3/c1-14(15-4-3-5-16(12-15)25-2)21-10-8-20(9-11-21)13-17(23)22-7-6-19-18(22)24/h3-5,12,14H,6-11,13H2,1-2H3,(H,19,24)/t14-/m1/s1. The number of carbonyl (C=O) groups is 2. The number of nitrogens with zero attached hydrogens (tertiary/aromatic N) is 3. The van der Waals surface area contributed by atoms with Gasteiger partial charge in [-0.3, -0.25) is 19.5 Å². The maximum atomic E-state index is 12.2. The molecular formula is C18H26N4O3. The number of amides is 3. The zero-order valence-corrected chi connectivity index (χ0v) is 14.9. The van der Waals surface area contributed by atoms with Crippen LogP contribution in [0.2, 0.25) is 0 Å². The number of carbonyl (C=O) groups excluding carboxylic acids is 2. The molecule has 25 heavy (non-hydrogen) atoms. The third-order valence-corrected chi connectivity index (χ3v) is 5.05. The highest BCUT2D eigenvalue weighted by Gasteiger charge is 2.29. The molecule has 3 amide bonds. The van der Waals surface area contributed by atoms with Gasteiger partial charge in [-0.25, -0.2) is 4.79 Å². The molecular weight excluding hydrogens is 320 g/mol. The lowest BCUT2D eigenvalue weighted by Gasteiger charge is -2.38. The van der Waals surface area contributed by atoms with Crippen LogP contribution >= 0.6 is 0 Å². The number of methoxy groups -OCH3 is 1. The van der Waals surface area contributed by atoms with E-state index < -0.39 is 0 Å². The molecule has 0 radical (unpaired) electrons. The normalized spacial score (nSPS) is 20.4. The molecule has 0 aromatic heterocycles. The van der Waals surface area contributed by atoms with Crippen LogP contribution in [0.3, 0.4) is 0 Å². The number of ether oxygens (including phenoxy) is 1. The van der Waals surface area contributed by atoms with Crippen molar-refractivity contribution in [2.75, 3.05) is 52.9 Å². The molecule has 2 aliphatic heterocycles. The predicted molar refractivity (Wildman–Crippen MR) is 94.5 cm³/mol. The van der Waals surface area contributed by atoms with Gasteiger partial charge in [0.25, 0.3) is 0 Å². The van der Waals surface area contributed by atoms with E-state index in [1.165, 1.54) is 10.5 Å². The van der Waals surface area contributed by atoms with Crippen molar-refractivity contribution in [3.8, 4) is 5.75 Å². The molecule has 0 saturated carbocycles. The van der Waals surface area contributed by atoms with Gasteiger partial charge >= 0.3 is 6.03 Å². The van der Waals surface area contributed by atoms with Crippen molar-refractivity contribution in [2.24, 2.45) is 0 Å². The van der Waals surface area contributed by atoms with Gasteiger partial charge in [-0.05, 0) is 24.6 Å². The Labute approximate surface area is 148 Å². The van der Waals surface area contributed by atoms with E-state index >= 15 is 0 Å². The van der Waals surface area contributed by atoms with E-state index in [2.05, 4.69) is 34.2 Å². The number of piperazine rings is 1. The molecule has 0 unspecified atom stereocenters. The van der Waals surface area contributed by atoms with Crippen LogP contribution in [0.5, 0.6) is 5.75 Å². The minimum Gasteiger partial charge on any atom is -0.497 e. The van der Waals surface area contributed by atoms with Crippen molar-refractivity contribution < 1.29 is 14.3 Å². The monoisotopic (exact) mass is 346 g/mol. The first-order valence-corrected chi connectivity index (χ1v) is 8.77. The summed E-state index contributed by atoms with van der Waals surface area (Å²) in [6, 6.07) is 8.20. The minimum atomic E-state index is -0.268. The largest absolute Gasteiger partial charge is 0.497 e. The summed E-state index contributed by atoms with van der Waals surface area (Å²) in [5, 5.41) is 2.67. The first kappa shape index (κ1) is 17.7. The first-order valence-electron chi connectivity index (χ1n) is 8.77. The van der Waals surface area contributed by atoms with Gasteiger partial charge in [-0.15, -0.1) is 0 Å². The molecule has 2 fully saturated rings. The number of nitrogens with one attached hydrogen (secondary N) is 1. The summed E-state index contributed by atoms with van der Waals surface area (Å²) in [5.74, 6) is 0.766. The Morgan fingerprint density at radius 2 is 2.00 bits per heavy atom. The fraction of sp³-hybridized carbons (Fsp3) is 0.556. The van der Waals surface area contributed by atoms with Gasteiger partial charge in [0.05, 0.1) is 13.7 Å². The maximum absolute atomic E-state index is 12.2. The summed E-state index contributed by atoms with van der Waals surface area (Å²) in [7, 11) is 1.68. The lowest BCUT2D eigenvalue weighted by atomic mass is 10.1. The van der Waals surface area contributed by atoms with E-state index in [4.69, 9.17) is 4.74 Å². The van der Waals surface area contributed by atoms with E-state index in [9.17, 15) is 9.59 Å². The van der Waals surface area contributed by atoms with Crippen LogP contribution < -0.4 is 10.1 Å². The van der Waals surface area contributed by atoms with Crippen molar-refractivity contribution in [1.29, 1.82) is 0 Å². The predicted octanol–water partition coefficient (Wildman–Crippen LogP) is 0.926. The molecule has 3 rings (SSSR count). The molecule has 0 spiro atoms. The summed E-state index contributed by atoms with van der Waals surface area (Å²) in [4.78, 5) is 29.6. The Hall–Kier alpha value is -2.12. The average molecular weight is 346 g/mol. The first-order chi connectivity index (χ1) is 12.1. The molecule has 136 valence electrons. The van der Waals surface area contributed by atoms with Crippen LogP contribution in [0.25, 0.3) is 0 Å². The highest BCUT2D eigenvalue weighted by atomic mass is 16.5. The topological polar surface area (TPSA) is 65.1 Å². The summed E-state index contributed by atoms with van der Waals surface area (Å²) >= 11 is 0. The van der Waals surface area contributed by atoms with Gasteiger partial charge in [0.15, 0.2) is 0 Å². The van der Waals surface area contributed by atoms with Crippen LogP contribution in [-0.4, -0.2) is 79.6 Å². The molecule has 2 heterocycles. The van der Waals surface area contributed by atoms with Crippen LogP contribution in [0, 0.1) is 0 Å². The molecule has 1 aromatic rings. The Morgan fingerprint density at radius 1 is 1.24 bits per heavy atom. The van der Waals surface area contributed by atoms with Crippen LogP contribution in [0.1, 0.15) is 18.5 Å². The summed E-state index contributed by atoms with van der Waals surface area (Å²) in [5.41, 5.74) is 1.23. The van der Waals surface area contributed by atoms with Gasteiger partial charge in [0.2, 0.25) is 5.91 Å². The number of hydrogen-bond acceptors (Lipinski definition) is 5. The van der Waals surface area contributed by atoms with Crippen molar-refractivity contribution in [1.82, 2.24) is 20.0 Å². The fourth-order valence-electron chi connectivity index (χ4n) is 3.41. The summed E-state index contributed by atoms with van der Waals surface area (Å²) < 4.78 is 5.31. The third-order valence-electron chi connectivity index (χ3n) is 5.05. The molecule has 1 atom stereocenters. The van der Waals surface area contributed by atoms with E-state index in [-0.39, 0.29) is 11.9 Å². The van der Waals surface area contributed by atoms with Crippen LogP contribution in [-0.2, 0) is 4.79 Å². The van der Waals surface area contributed by atoms with E-state index in [1.54, 1.807) is 7.11 Å². The minimum absolute atomic E-state index is 0.107. The molecule has 7 heteroatoms. The zero-order valence-electron chi connectivity index (χ0n) is 14.9. The van der Waals surface area contributed by atoms with Crippen LogP contribution in [0.15, 0.2) is 24.3 Å². The number of urea groups is 1. The molecule has 1 aromatic carbocycles. The zero-order chi connectivity index (χ0) is 17.8. The lowest BCUT2D eigenvalue weighted by molar-refractivity contribution is -0.129. The SMILES string of the molecule is COc1cccc([C@@H](C)N2CCN(CC(=O)N3CCNC3=O)CC2)c1. The average Bonchev–Trinajstić information content (AvgIpc) is 3.08. The van der Waals surface area contributed by atoms with E-state index in [0.717, 1.165) is 31.9 Å².